The van der Waals surface area contributed by atoms with E-state index in [2.05, 4.69) is 33.0 Å². The van der Waals surface area contributed by atoms with Crippen LogP contribution < -0.4 is 19.5 Å². The average Bonchev–Trinajstić information content (AvgIpc) is 2.44. The van der Waals surface area contributed by atoms with Crippen LogP contribution in [-0.2, 0) is 6.54 Å². The lowest BCUT2D eigenvalue weighted by molar-refractivity contribution is 0.252. The second-order valence-electron chi connectivity index (χ2n) is 6.43. The standard InChI is InChI=1S/C17H29NO3/c1-12(17(2,3)4)10-18-11-13-8-14(19-5)16(21-7)15(9-13)20-6/h8-9,12,18H,10-11H2,1-7H3. The third-order valence-corrected chi connectivity index (χ3v) is 3.98. The molecule has 0 amide bonds. The molecule has 1 aromatic carbocycles. The number of nitrogens with one attached hydrogen (secondary N) is 1. The zero-order valence-corrected chi connectivity index (χ0v) is 14.4. The van der Waals surface area contributed by atoms with Crippen LogP contribution in [0.1, 0.15) is 33.3 Å². The second kappa shape index (κ2) is 7.55. The number of ether oxygens (including phenoxy) is 3. The molecule has 0 saturated heterocycles. The average molecular weight is 295 g/mol. The van der Waals surface area contributed by atoms with Gasteiger partial charge in [0.15, 0.2) is 11.5 Å². The van der Waals surface area contributed by atoms with Crippen LogP contribution in [-0.4, -0.2) is 27.9 Å². The van der Waals surface area contributed by atoms with E-state index in [1.54, 1.807) is 21.3 Å². The molecule has 0 aliphatic rings. The van der Waals surface area contributed by atoms with Gasteiger partial charge < -0.3 is 19.5 Å². The summed E-state index contributed by atoms with van der Waals surface area (Å²) in [6, 6.07) is 3.96. The van der Waals surface area contributed by atoms with Gasteiger partial charge in [-0.2, -0.15) is 0 Å². The molecule has 120 valence electrons. The third kappa shape index (κ3) is 4.81. The smallest absolute Gasteiger partial charge is 0.203 e. The molecule has 0 aliphatic carbocycles. The maximum atomic E-state index is 5.37. The van der Waals surface area contributed by atoms with E-state index in [0.29, 0.717) is 28.6 Å². The zero-order chi connectivity index (χ0) is 16.0. The van der Waals surface area contributed by atoms with Gasteiger partial charge >= 0.3 is 0 Å². The molecular weight excluding hydrogens is 266 g/mol. The van der Waals surface area contributed by atoms with Gasteiger partial charge in [0.2, 0.25) is 5.75 Å². The van der Waals surface area contributed by atoms with Gasteiger partial charge in [-0.3, -0.25) is 0 Å². The lowest BCUT2D eigenvalue weighted by Crippen LogP contribution is -2.29. The van der Waals surface area contributed by atoms with Gasteiger partial charge in [0.25, 0.3) is 0 Å². The summed E-state index contributed by atoms with van der Waals surface area (Å²) in [6.07, 6.45) is 0. The monoisotopic (exact) mass is 295 g/mol. The van der Waals surface area contributed by atoms with E-state index in [1.807, 2.05) is 12.1 Å². The second-order valence-corrected chi connectivity index (χ2v) is 6.43. The quantitative estimate of drug-likeness (QED) is 0.836. The summed E-state index contributed by atoms with van der Waals surface area (Å²) >= 11 is 0. The van der Waals surface area contributed by atoms with E-state index in [9.17, 15) is 0 Å². The zero-order valence-electron chi connectivity index (χ0n) is 14.4. The first kappa shape index (κ1) is 17.6. The molecule has 4 nitrogen and oxygen atoms in total. The Labute approximate surface area is 128 Å². The molecule has 0 fully saturated rings. The van der Waals surface area contributed by atoms with Crippen molar-refractivity contribution in [1.82, 2.24) is 5.32 Å². The summed E-state index contributed by atoms with van der Waals surface area (Å²) in [7, 11) is 4.88. The van der Waals surface area contributed by atoms with E-state index in [4.69, 9.17) is 14.2 Å². The highest BCUT2D eigenvalue weighted by Crippen LogP contribution is 2.38. The van der Waals surface area contributed by atoms with Gasteiger partial charge in [-0.25, -0.2) is 0 Å². The van der Waals surface area contributed by atoms with Crippen molar-refractivity contribution in [3.63, 3.8) is 0 Å². The van der Waals surface area contributed by atoms with Crippen molar-refractivity contribution in [3.8, 4) is 17.2 Å². The Hall–Kier alpha value is -1.42. The van der Waals surface area contributed by atoms with Crippen molar-refractivity contribution in [2.45, 2.75) is 34.2 Å². The number of rotatable bonds is 7. The van der Waals surface area contributed by atoms with Gasteiger partial charge in [-0.15, -0.1) is 0 Å². The van der Waals surface area contributed by atoms with Crippen LogP contribution in [0.15, 0.2) is 12.1 Å². The summed E-state index contributed by atoms with van der Waals surface area (Å²) in [6.45, 7) is 10.8. The predicted molar refractivity (Wildman–Crippen MR) is 86.4 cm³/mol. The Balaban J connectivity index is 2.76. The molecule has 1 unspecified atom stereocenters. The van der Waals surface area contributed by atoms with Crippen LogP contribution in [0.25, 0.3) is 0 Å². The normalized spacial score (nSPS) is 12.9. The molecule has 0 bridgehead atoms. The van der Waals surface area contributed by atoms with E-state index >= 15 is 0 Å². The minimum absolute atomic E-state index is 0.308. The van der Waals surface area contributed by atoms with E-state index in [-0.39, 0.29) is 0 Å². The molecule has 21 heavy (non-hydrogen) atoms. The van der Waals surface area contributed by atoms with E-state index in [0.717, 1.165) is 18.7 Å². The topological polar surface area (TPSA) is 39.7 Å². The van der Waals surface area contributed by atoms with E-state index in [1.165, 1.54) is 0 Å². The summed E-state index contributed by atoms with van der Waals surface area (Å²) in [4.78, 5) is 0. The molecular formula is C17H29NO3. The van der Waals surface area contributed by atoms with Crippen LogP contribution in [0.3, 0.4) is 0 Å². The molecule has 0 heterocycles. The summed E-state index contributed by atoms with van der Waals surface area (Å²) in [5.41, 5.74) is 1.42. The molecule has 1 rings (SSSR count). The van der Waals surface area contributed by atoms with Crippen LogP contribution in [0.4, 0.5) is 0 Å². The maximum absolute atomic E-state index is 5.37. The fourth-order valence-electron chi connectivity index (χ4n) is 1.98. The molecule has 4 heteroatoms. The Kier molecular flexibility index (Phi) is 6.34. The van der Waals surface area contributed by atoms with Gasteiger partial charge in [-0.05, 0) is 35.6 Å². The van der Waals surface area contributed by atoms with Crippen molar-refractivity contribution in [3.05, 3.63) is 17.7 Å². The Morgan fingerprint density at radius 3 is 1.90 bits per heavy atom. The largest absolute Gasteiger partial charge is 0.493 e. The van der Waals surface area contributed by atoms with Crippen molar-refractivity contribution in [2.75, 3.05) is 27.9 Å². The molecule has 1 N–H and O–H groups in total. The number of benzene rings is 1. The van der Waals surface area contributed by atoms with Gasteiger partial charge in [0, 0.05) is 6.54 Å². The fraction of sp³-hybridized carbons (Fsp3) is 0.647. The highest BCUT2D eigenvalue weighted by molar-refractivity contribution is 5.53. The molecule has 1 aromatic rings. The molecule has 0 aliphatic heterocycles. The molecule has 1 atom stereocenters. The van der Waals surface area contributed by atoms with Crippen molar-refractivity contribution >= 4 is 0 Å². The molecule has 0 aromatic heterocycles. The van der Waals surface area contributed by atoms with Crippen LogP contribution in [0.5, 0.6) is 17.2 Å². The maximum Gasteiger partial charge on any atom is 0.203 e. The molecule has 0 spiro atoms. The summed E-state index contributed by atoms with van der Waals surface area (Å²) < 4.78 is 16.1. The third-order valence-electron chi connectivity index (χ3n) is 3.98. The Morgan fingerprint density at radius 1 is 1.00 bits per heavy atom. The van der Waals surface area contributed by atoms with Crippen molar-refractivity contribution in [1.29, 1.82) is 0 Å². The summed E-state index contributed by atoms with van der Waals surface area (Å²) in [5.74, 6) is 2.61. The van der Waals surface area contributed by atoms with Gasteiger partial charge in [-0.1, -0.05) is 27.7 Å². The Morgan fingerprint density at radius 2 is 1.52 bits per heavy atom. The first-order valence-corrected chi connectivity index (χ1v) is 7.33. The lowest BCUT2D eigenvalue weighted by atomic mass is 9.82. The van der Waals surface area contributed by atoms with Crippen LogP contribution in [0, 0.1) is 11.3 Å². The molecule has 0 saturated carbocycles. The fourth-order valence-corrected chi connectivity index (χ4v) is 1.98. The number of hydrogen-bond donors (Lipinski definition) is 1. The van der Waals surface area contributed by atoms with E-state index < -0.39 is 0 Å². The Bertz CT molecular complexity index is 427. The van der Waals surface area contributed by atoms with Crippen LogP contribution in [0.2, 0.25) is 0 Å². The predicted octanol–water partition coefficient (Wildman–Crippen LogP) is 3.48. The first-order valence-electron chi connectivity index (χ1n) is 7.33. The highest BCUT2D eigenvalue weighted by Gasteiger charge is 2.19. The first-order chi connectivity index (χ1) is 9.83. The molecule has 0 radical (unpaired) electrons. The number of hydrogen-bond acceptors (Lipinski definition) is 4. The minimum atomic E-state index is 0.308. The highest BCUT2D eigenvalue weighted by atomic mass is 16.5. The van der Waals surface area contributed by atoms with Crippen molar-refractivity contribution in [2.24, 2.45) is 11.3 Å². The van der Waals surface area contributed by atoms with Crippen LogP contribution >= 0.6 is 0 Å². The lowest BCUT2D eigenvalue weighted by Gasteiger charge is -2.27. The van der Waals surface area contributed by atoms with Gasteiger partial charge in [0.1, 0.15) is 0 Å². The minimum Gasteiger partial charge on any atom is -0.493 e. The SMILES string of the molecule is COc1cc(CNCC(C)C(C)(C)C)cc(OC)c1OC. The van der Waals surface area contributed by atoms with Gasteiger partial charge in [0.05, 0.1) is 21.3 Å². The van der Waals surface area contributed by atoms with Crippen molar-refractivity contribution < 1.29 is 14.2 Å². The summed E-state index contributed by atoms with van der Waals surface area (Å²) in [5, 5.41) is 3.50. The number of methoxy groups -OCH3 is 3.